The van der Waals surface area contributed by atoms with Crippen LogP contribution in [0.3, 0.4) is 0 Å². The SMILES string of the molecule is CC(C)(C)OC(=O)C[C@@H]1CSCN1. The highest BCUT2D eigenvalue weighted by atomic mass is 32.2. The summed E-state index contributed by atoms with van der Waals surface area (Å²) in [6.07, 6.45) is 0.490. The lowest BCUT2D eigenvalue weighted by atomic mass is 10.2. The van der Waals surface area contributed by atoms with E-state index < -0.39 is 0 Å². The van der Waals surface area contributed by atoms with Gasteiger partial charge in [-0.2, -0.15) is 0 Å². The number of hydrogen-bond acceptors (Lipinski definition) is 4. The summed E-state index contributed by atoms with van der Waals surface area (Å²) in [6.45, 7) is 5.67. The number of hydrogen-bond donors (Lipinski definition) is 1. The first-order valence-corrected chi connectivity index (χ1v) is 5.66. The van der Waals surface area contributed by atoms with Gasteiger partial charge in [-0.1, -0.05) is 0 Å². The highest BCUT2D eigenvalue weighted by molar-refractivity contribution is 7.99. The maximum Gasteiger partial charge on any atom is 0.307 e. The first-order chi connectivity index (χ1) is 5.97. The molecule has 1 aliphatic rings. The third-order valence-corrected chi connectivity index (χ3v) is 2.64. The van der Waals surface area contributed by atoms with Crippen molar-refractivity contribution in [3.63, 3.8) is 0 Å². The van der Waals surface area contributed by atoms with Crippen LogP contribution in [0, 0.1) is 0 Å². The average molecular weight is 203 g/mol. The van der Waals surface area contributed by atoms with E-state index >= 15 is 0 Å². The quantitative estimate of drug-likeness (QED) is 0.688. The Morgan fingerprint density at radius 2 is 2.31 bits per heavy atom. The van der Waals surface area contributed by atoms with Gasteiger partial charge in [0.05, 0.1) is 6.42 Å². The monoisotopic (exact) mass is 203 g/mol. The minimum Gasteiger partial charge on any atom is -0.460 e. The van der Waals surface area contributed by atoms with Gasteiger partial charge in [0.1, 0.15) is 5.60 Å². The molecule has 0 bridgehead atoms. The molecule has 1 heterocycles. The maximum absolute atomic E-state index is 11.3. The fourth-order valence-corrected chi connectivity index (χ4v) is 2.14. The number of ether oxygens (including phenoxy) is 1. The van der Waals surface area contributed by atoms with Gasteiger partial charge in [-0.3, -0.25) is 4.79 Å². The summed E-state index contributed by atoms with van der Waals surface area (Å²) >= 11 is 1.82. The molecule has 1 rings (SSSR count). The summed E-state index contributed by atoms with van der Waals surface area (Å²) in [5.41, 5.74) is -0.358. The number of carbonyl (C=O) groups is 1. The van der Waals surface area contributed by atoms with Crippen LogP contribution in [-0.4, -0.2) is 29.2 Å². The van der Waals surface area contributed by atoms with Gasteiger partial charge in [-0.05, 0) is 20.8 Å². The molecular weight excluding hydrogens is 186 g/mol. The Kier molecular flexibility index (Phi) is 3.62. The van der Waals surface area contributed by atoms with Gasteiger partial charge in [0.25, 0.3) is 0 Å². The molecule has 4 heteroatoms. The molecule has 0 radical (unpaired) electrons. The van der Waals surface area contributed by atoms with Crippen molar-refractivity contribution in [1.29, 1.82) is 0 Å². The molecule has 0 spiro atoms. The molecule has 0 aromatic rings. The van der Waals surface area contributed by atoms with Crippen molar-refractivity contribution in [2.45, 2.75) is 38.8 Å². The van der Waals surface area contributed by atoms with E-state index in [9.17, 15) is 4.79 Å². The zero-order valence-electron chi connectivity index (χ0n) is 8.42. The maximum atomic E-state index is 11.3. The lowest BCUT2D eigenvalue weighted by Gasteiger charge is -2.20. The van der Waals surface area contributed by atoms with E-state index in [1.165, 1.54) is 0 Å². The Balaban J connectivity index is 2.24. The van der Waals surface area contributed by atoms with E-state index in [-0.39, 0.29) is 11.6 Å². The van der Waals surface area contributed by atoms with Gasteiger partial charge in [0.15, 0.2) is 0 Å². The fraction of sp³-hybridized carbons (Fsp3) is 0.889. The summed E-state index contributed by atoms with van der Waals surface area (Å²) in [5.74, 6) is 1.86. The third-order valence-electron chi connectivity index (χ3n) is 1.63. The molecule has 3 nitrogen and oxygen atoms in total. The van der Waals surface area contributed by atoms with Gasteiger partial charge in [-0.15, -0.1) is 11.8 Å². The Labute approximate surface area is 83.6 Å². The van der Waals surface area contributed by atoms with Crippen molar-refractivity contribution >= 4 is 17.7 Å². The van der Waals surface area contributed by atoms with Gasteiger partial charge < -0.3 is 10.1 Å². The summed E-state index contributed by atoms with van der Waals surface area (Å²) in [7, 11) is 0. The highest BCUT2D eigenvalue weighted by Crippen LogP contribution is 2.15. The molecular formula is C9H17NO2S. The fourth-order valence-electron chi connectivity index (χ4n) is 1.15. The van der Waals surface area contributed by atoms with E-state index in [1.54, 1.807) is 0 Å². The smallest absolute Gasteiger partial charge is 0.307 e. The first-order valence-electron chi connectivity index (χ1n) is 4.50. The molecule has 13 heavy (non-hydrogen) atoms. The summed E-state index contributed by atoms with van der Waals surface area (Å²) in [4.78, 5) is 11.3. The molecule has 1 fully saturated rings. The lowest BCUT2D eigenvalue weighted by molar-refractivity contribution is -0.155. The normalized spacial score (nSPS) is 23.2. The van der Waals surface area contributed by atoms with Crippen molar-refractivity contribution in [2.24, 2.45) is 0 Å². The number of thioether (sulfide) groups is 1. The number of carbonyl (C=O) groups excluding carboxylic acids is 1. The topological polar surface area (TPSA) is 38.3 Å². The minimum absolute atomic E-state index is 0.104. The molecule has 1 aliphatic heterocycles. The molecule has 1 saturated heterocycles. The first kappa shape index (κ1) is 10.9. The largest absolute Gasteiger partial charge is 0.460 e. The Hall–Kier alpha value is -0.220. The predicted molar refractivity (Wildman–Crippen MR) is 54.7 cm³/mol. The molecule has 0 saturated carbocycles. The van der Waals surface area contributed by atoms with Crippen LogP contribution in [-0.2, 0) is 9.53 Å². The van der Waals surface area contributed by atoms with Crippen molar-refractivity contribution in [3.8, 4) is 0 Å². The Bertz CT molecular complexity index is 183. The van der Waals surface area contributed by atoms with Crippen molar-refractivity contribution in [2.75, 3.05) is 11.6 Å². The summed E-state index contributed by atoms with van der Waals surface area (Å²) in [6, 6.07) is 0.305. The zero-order valence-corrected chi connectivity index (χ0v) is 9.24. The molecule has 0 aromatic heterocycles. The van der Waals surface area contributed by atoms with Gasteiger partial charge in [0, 0.05) is 17.7 Å². The minimum atomic E-state index is -0.358. The molecule has 0 unspecified atom stereocenters. The van der Waals surface area contributed by atoms with Crippen LogP contribution in [0.2, 0.25) is 0 Å². The van der Waals surface area contributed by atoms with Crippen molar-refractivity contribution in [3.05, 3.63) is 0 Å². The number of nitrogens with one attached hydrogen (secondary N) is 1. The Morgan fingerprint density at radius 1 is 1.62 bits per heavy atom. The summed E-state index contributed by atoms with van der Waals surface area (Å²) in [5, 5.41) is 3.24. The van der Waals surface area contributed by atoms with Crippen LogP contribution in [0.4, 0.5) is 0 Å². The predicted octanol–water partition coefficient (Wildman–Crippen LogP) is 1.38. The van der Waals surface area contributed by atoms with Crippen LogP contribution in [0.1, 0.15) is 27.2 Å². The highest BCUT2D eigenvalue weighted by Gasteiger charge is 2.22. The molecule has 0 amide bonds. The Morgan fingerprint density at radius 3 is 2.77 bits per heavy atom. The van der Waals surface area contributed by atoms with E-state index in [2.05, 4.69) is 5.32 Å². The standard InChI is InChI=1S/C9H17NO2S/c1-9(2,3)12-8(11)4-7-5-13-6-10-7/h7,10H,4-6H2,1-3H3/t7-/m1/s1. The van der Waals surface area contributed by atoms with E-state index in [1.807, 2.05) is 32.5 Å². The van der Waals surface area contributed by atoms with E-state index in [4.69, 9.17) is 4.74 Å². The third kappa shape index (κ3) is 4.52. The van der Waals surface area contributed by atoms with Gasteiger partial charge >= 0.3 is 5.97 Å². The molecule has 1 atom stereocenters. The number of esters is 1. The van der Waals surface area contributed by atoms with Crippen LogP contribution >= 0.6 is 11.8 Å². The van der Waals surface area contributed by atoms with Crippen LogP contribution in [0.5, 0.6) is 0 Å². The lowest BCUT2D eigenvalue weighted by Crippen LogP contribution is -2.31. The molecule has 1 N–H and O–H groups in total. The van der Waals surface area contributed by atoms with Crippen molar-refractivity contribution < 1.29 is 9.53 Å². The van der Waals surface area contributed by atoms with Crippen molar-refractivity contribution in [1.82, 2.24) is 5.32 Å². The second-order valence-corrected chi connectivity index (χ2v) is 5.24. The summed E-state index contributed by atoms with van der Waals surface area (Å²) < 4.78 is 5.21. The van der Waals surface area contributed by atoms with Gasteiger partial charge in [0.2, 0.25) is 0 Å². The second-order valence-electron chi connectivity index (χ2n) is 4.21. The van der Waals surface area contributed by atoms with E-state index in [0.717, 1.165) is 11.6 Å². The van der Waals surface area contributed by atoms with Crippen LogP contribution < -0.4 is 5.32 Å². The molecule has 76 valence electrons. The second kappa shape index (κ2) is 4.33. The zero-order chi connectivity index (χ0) is 9.90. The average Bonchev–Trinajstić information content (AvgIpc) is 2.34. The molecule has 0 aliphatic carbocycles. The van der Waals surface area contributed by atoms with Crippen LogP contribution in [0.15, 0.2) is 0 Å². The molecule has 0 aromatic carbocycles. The van der Waals surface area contributed by atoms with Crippen LogP contribution in [0.25, 0.3) is 0 Å². The van der Waals surface area contributed by atoms with E-state index in [0.29, 0.717) is 12.5 Å². The number of rotatable bonds is 2. The van der Waals surface area contributed by atoms with Gasteiger partial charge in [-0.25, -0.2) is 0 Å².